The van der Waals surface area contributed by atoms with E-state index >= 15 is 0 Å². The van der Waals surface area contributed by atoms with Crippen LogP contribution in [0.2, 0.25) is 0 Å². The Morgan fingerprint density at radius 3 is 2.50 bits per heavy atom. The van der Waals surface area contributed by atoms with Crippen LogP contribution in [0.15, 0.2) is 36.5 Å². The average Bonchev–Trinajstić information content (AvgIpc) is 2.26. The summed E-state index contributed by atoms with van der Waals surface area (Å²) >= 11 is 0. The molecule has 0 amide bonds. The molecule has 0 bridgehead atoms. The van der Waals surface area contributed by atoms with Gasteiger partial charge < -0.3 is 5.11 Å². The first-order valence-corrected chi connectivity index (χ1v) is 5.52. The summed E-state index contributed by atoms with van der Waals surface area (Å²) in [6, 6.07) is 9.98. The fraction of sp³-hybridized carbons (Fsp3) is 0.357. The van der Waals surface area contributed by atoms with E-state index in [0.29, 0.717) is 0 Å². The quantitative estimate of drug-likeness (QED) is 0.791. The third-order valence-corrected chi connectivity index (χ3v) is 2.78. The molecule has 0 aliphatic carbocycles. The van der Waals surface area contributed by atoms with Crippen molar-refractivity contribution < 1.29 is 5.11 Å². The zero-order valence-corrected chi connectivity index (χ0v) is 9.94. The van der Waals surface area contributed by atoms with Gasteiger partial charge in [0, 0.05) is 11.6 Å². The van der Waals surface area contributed by atoms with Gasteiger partial charge >= 0.3 is 0 Å². The number of aliphatic hydroxyl groups is 1. The molecule has 0 aliphatic heterocycles. The normalized spacial score (nSPS) is 14.0. The van der Waals surface area contributed by atoms with E-state index in [9.17, 15) is 5.11 Å². The van der Waals surface area contributed by atoms with E-state index in [4.69, 9.17) is 0 Å². The highest BCUT2D eigenvalue weighted by atomic mass is 16.3. The molecule has 0 spiro atoms. The van der Waals surface area contributed by atoms with Gasteiger partial charge in [0.1, 0.15) is 6.10 Å². The minimum atomic E-state index is -0.543. The molecule has 16 heavy (non-hydrogen) atoms. The lowest BCUT2D eigenvalue weighted by Crippen LogP contribution is -2.19. The van der Waals surface area contributed by atoms with Crippen molar-refractivity contribution in [3.05, 3.63) is 42.2 Å². The van der Waals surface area contributed by atoms with Gasteiger partial charge in [0.2, 0.25) is 0 Å². The molecular formula is C14H17NO. The van der Waals surface area contributed by atoms with Crippen LogP contribution in [-0.2, 0) is 0 Å². The van der Waals surface area contributed by atoms with Crippen LogP contribution in [0.25, 0.3) is 10.8 Å². The highest BCUT2D eigenvalue weighted by molar-refractivity contribution is 5.84. The minimum Gasteiger partial charge on any atom is -0.386 e. The summed E-state index contributed by atoms with van der Waals surface area (Å²) in [5, 5.41) is 12.4. The maximum absolute atomic E-state index is 10.3. The summed E-state index contributed by atoms with van der Waals surface area (Å²) < 4.78 is 0. The maximum atomic E-state index is 10.3. The molecule has 0 fully saturated rings. The molecule has 2 rings (SSSR count). The van der Waals surface area contributed by atoms with E-state index in [2.05, 4.69) is 4.98 Å². The first-order chi connectivity index (χ1) is 7.50. The van der Waals surface area contributed by atoms with Crippen LogP contribution < -0.4 is 0 Å². The van der Waals surface area contributed by atoms with Gasteiger partial charge in [0.15, 0.2) is 0 Å². The summed E-state index contributed by atoms with van der Waals surface area (Å²) in [6.45, 7) is 6.04. The van der Waals surface area contributed by atoms with Crippen molar-refractivity contribution in [2.24, 2.45) is 5.41 Å². The van der Waals surface area contributed by atoms with Crippen LogP contribution in [0.1, 0.15) is 32.6 Å². The van der Waals surface area contributed by atoms with Gasteiger partial charge in [-0.25, -0.2) is 0 Å². The Balaban J connectivity index is 2.61. The van der Waals surface area contributed by atoms with E-state index < -0.39 is 6.10 Å². The van der Waals surface area contributed by atoms with Gasteiger partial charge in [-0.2, -0.15) is 0 Å². The predicted octanol–water partition coefficient (Wildman–Crippen LogP) is 3.31. The largest absolute Gasteiger partial charge is 0.386 e. The number of rotatable bonds is 1. The van der Waals surface area contributed by atoms with Gasteiger partial charge in [-0.05, 0) is 16.9 Å². The molecular weight excluding hydrogens is 198 g/mol. The van der Waals surface area contributed by atoms with Crippen LogP contribution >= 0.6 is 0 Å². The average molecular weight is 215 g/mol. The van der Waals surface area contributed by atoms with Gasteiger partial charge in [-0.3, -0.25) is 4.98 Å². The van der Waals surface area contributed by atoms with Crippen LogP contribution in [0.4, 0.5) is 0 Å². The second kappa shape index (κ2) is 3.87. The number of aliphatic hydroxyl groups excluding tert-OH is 1. The molecule has 2 nitrogen and oxygen atoms in total. The molecule has 1 aromatic heterocycles. The Hall–Kier alpha value is -1.41. The molecule has 2 aromatic rings. The van der Waals surface area contributed by atoms with Crippen LogP contribution in [0.5, 0.6) is 0 Å². The van der Waals surface area contributed by atoms with E-state index in [-0.39, 0.29) is 5.41 Å². The third-order valence-electron chi connectivity index (χ3n) is 2.78. The molecule has 1 aromatic carbocycles. The number of fused-ring (bicyclic) bond motifs is 1. The van der Waals surface area contributed by atoms with Crippen molar-refractivity contribution in [3.63, 3.8) is 0 Å². The van der Waals surface area contributed by atoms with E-state index in [1.54, 1.807) is 6.20 Å². The summed E-state index contributed by atoms with van der Waals surface area (Å²) in [7, 11) is 0. The first kappa shape index (κ1) is 11.1. The van der Waals surface area contributed by atoms with Gasteiger partial charge in [-0.1, -0.05) is 45.0 Å². The molecule has 0 aliphatic rings. The number of benzene rings is 1. The maximum Gasteiger partial charge on any atom is 0.101 e. The lowest BCUT2D eigenvalue weighted by molar-refractivity contribution is 0.0603. The highest BCUT2D eigenvalue weighted by Gasteiger charge is 2.26. The fourth-order valence-electron chi connectivity index (χ4n) is 1.77. The number of pyridine rings is 1. The van der Waals surface area contributed by atoms with E-state index in [1.165, 1.54) is 0 Å². The molecule has 0 radical (unpaired) electrons. The van der Waals surface area contributed by atoms with E-state index in [1.807, 2.05) is 51.1 Å². The monoisotopic (exact) mass is 215 g/mol. The number of aromatic nitrogens is 1. The molecule has 2 heteroatoms. The second-order valence-corrected chi connectivity index (χ2v) is 5.19. The molecule has 1 N–H and O–H groups in total. The number of nitrogens with zero attached hydrogens (tertiary/aromatic N) is 1. The molecule has 1 unspecified atom stereocenters. The van der Waals surface area contributed by atoms with Crippen molar-refractivity contribution in [2.75, 3.05) is 0 Å². The fourth-order valence-corrected chi connectivity index (χ4v) is 1.77. The molecule has 1 atom stereocenters. The smallest absolute Gasteiger partial charge is 0.101 e. The van der Waals surface area contributed by atoms with Gasteiger partial charge in [0.25, 0.3) is 0 Å². The Labute approximate surface area is 96.0 Å². The Kier molecular flexibility index (Phi) is 2.68. The summed E-state index contributed by atoms with van der Waals surface area (Å²) in [5.41, 5.74) is 0.572. The Bertz CT molecular complexity index is 494. The summed E-state index contributed by atoms with van der Waals surface area (Å²) in [5.74, 6) is 0. The number of hydrogen-bond acceptors (Lipinski definition) is 2. The number of hydrogen-bond donors (Lipinski definition) is 1. The lowest BCUT2D eigenvalue weighted by atomic mass is 9.85. The molecule has 1 heterocycles. The molecule has 84 valence electrons. The highest BCUT2D eigenvalue weighted by Crippen LogP contribution is 2.34. The predicted molar refractivity (Wildman–Crippen MR) is 66.2 cm³/mol. The van der Waals surface area contributed by atoms with Gasteiger partial charge in [-0.15, -0.1) is 0 Å². The first-order valence-electron chi connectivity index (χ1n) is 5.52. The zero-order chi connectivity index (χ0) is 11.8. The van der Waals surface area contributed by atoms with E-state index in [0.717, 1.165) is 16.5 Å². The second-order valence-electron chi connectivity index (χ2n) is 5.19. The summed E-state index contributed by atoms with van der Waals surface area (Å²) in [4.78, 5) is 4.32. The SMILES string of the molecule is CC(C)(C)C(O)c1nccc2ccccc12. The van der Waals surface area contributed by atoms with Crippen molar-refractivity contribution in [3.8, 4) is 0 Å². The van der Waals surface area contributed by atoms with Crippen molar-refractivity contribution >= 4 is 10.8 Å². The standard InChI is InChI=1S/C14H17NO/c1-14(2,3)13(16)12-11-7-5-4-6-10(11)8-9-15-12/h4-9,13,16H,1-3H3. The van der Waals surface area contributed by atoms with Crippen molar-refractivity contribution in [1.29, 1.82) is 0 Å². The van der Waals surface area contributed by atoms with Gasteiger partial charge in [0.05, 0.1) is 5.69 Å². The molecule has 0 saturated heterocycles. The third kappa shape index (κ3) is 1.93. The molecule has 0 saturated carbocycles. The Morgan fingerprint density at radius 1 is 1.12 bits per heavy atom. The summed E-state index contributed by atoms with van der Waals surface area (Å²) in [6.07, 6.45) is 1.21. The minimum absolute atomic E-state index is 0.197. The van der Waals surface area contributed by atoms with Crippen molar-refractivity contribution in [1.82, 2.24) is 4.98 Å². The Morgan fingerprint density at radius 2 is 1.81 bits per heavy atom. The zero-order valence-electron chi connectivity index (χ0n) is 9.94. The van der Waals surface area contributed by atoms with Crippen LogP contribution in [0.3, 0.4) is 0 Å². The van der Waals surface area contributed by atoms with Crippen LogP contribution in [0, 0.1) is 5.41 Å². The van der Waals surface area contributed by atoms with Crippen LogP contribution in [-0.4, -0.2) is 10.1 Å². The lowest BCUT2D eigenvalue weighted by Gasteiger charge is -2.26. The van der Waals surface area contributed by atoms with Crippen molar-refractivity contribution in [2.45, 2.75) is 26.9 Å². The topological polar surface area (TPSA) is 33.1 Å².